The fraction of sp³-hybridized carbons (Fsp3) is 0.400. The number of rotatable bonds is 5. The standard InChI is InChI=1S/C10H13N3O/c1-2-14-6-5-12-10-4-3-9(7-11)13-8-10/h3-4,8,12H,2,5-6H2,1H3. The van der Waals surface area contributed by atoms with Gasteiger partial charge in [0.15, 0.2) is 0 Å². The SMILES string of the molecule is CCOCCNc1ccc(C#N)nc1. The van der Waals surface area contributed by atoms with Gasteiger partial charge in [0.2, 0.25) is 0 Å². The predicted octanol–water partition coefficient (Wildman–Crippen LogP) is 1.40. The maximum atomic E-state index is 8.52. The van der Waals surface area contributed by atoms with Crippen LogP contribution >= 0.6 is 0 Å². The third-order valence-corrected chi connectivity index (χ3v) is 1.66. The molecule has 0 aliphatic rings. The topological polar surface area (TPSA) is 57.9 Å². The minimum absolute atomic E-state index is 0.431. The largest absolute Gasteiger partial charge is 0.381 e. The van der Waals surface area contributed by atoms with Crippen LogP contribution < -0.4 is 5.32 Å². The van der Waals surface area contributed by atoms with Crippen LogP contribution in [0.25, 0.3) is 0 Å². The molecule has 1 heterocycles. The summed E-state index contributed by atoms with van der Waals surface area (Å²) in [4.78, 5) is 3.93. The molecule has 74 valence electrons. The van der Waals surface area contributed by atoms with Gasteiger partial charge < -0.3 is 10.1 Å². The van der Waals surface area contributed by atoms with Crippen LogP contribution in [0.5, 0.6) is 0 Å². The van der Waals surface area contributed by atoms with Gasteiger partial charge in [0.1, 0.15) is 11.8 Å². The predicted molar refractivity (Wildman–Crippen MR) is 53.9 cm³/mol. The van der Waals surface area contributed by atoms with Crippen molar-refractivity contribution in [2.75, 3.05) is 25.1 Å². The maximum absolute atomic E-state index is 8.52. The summed E-state index contributed by atoms with van der Waals surface area (Å²) in [5, 5.41) is 11.7. The molecule has 4 heteroatoms. The van der Waals surface area contributed by atoms with Crippen molar-refractivity contribution >= 4 is 5.69 Å². The minimum Gasteiger partial charge on any atom is -0.381 e. The number of pyridine rings is 1. The van der Waals surface area contributed by atoms with Crippen LogP contribution in [0, 0.1) is 11.3 Å². The van der Waals surface area contributed by atoms with Crippen LogP contribution in [-0.2, 0) is 4.74 Å². The van der Waals surface area contributed by atoms with Crippen LogP contribution in [0.1, 0.15) is 12.6 Å². The van der Waals surface area contributed by atoms with E-state index >= 15 is 0 Å². The van der Waals surface area contributed by atoms with Crippen LogP contribution in [0.2, 0.25) is 0 Å². The fourth-order valence-corrected chi connectivity index (χ4v) is 0.976. The molecule has 0 atom stereocenters. The number of ether oxygens (including phenoxy) is 1. The van der Waals surface area contributed by atoms with E-state index < -0.39 is 0 Å². The number of nitrogens with one attached hydrogen (secondary N) is 1. The molecule has 1 aromatic rings. The Morgan fingerprint density at radius 2 is 2.43 bits per heavy atom. The first kappa shape index (κ1) is 10.5. The number of anilines is 1. The molecular weight excluding hydrogens is 178 g/mol. The third-order valence-electron chi connectivity index (χ3n) is 1.66. The van der Waals surface area contributed by atoms with Gasteiger partial charge in [-0.3, -0.25) is 0 Å². The molecule has 0 fully saturated rings. The van der Waals surface area contributed by atoms with E-state index in [0.717, 1.165) is 18.8 Å². The Morgan fingerprint density at radius 1 is 1.57 bits per heavy atom. The Kier molecular flexibility index (Phi) is 4.45. The van der Waals surface area contributed by atoms with Gasteiger partial charge in [-0.05, 0) is 19.1 Å². The molecule has 4 nitrogen and oxygen atoms in total. The fourth-order valence-electron chi connectivity index (χ4n) is 0.976. The summed E-state index contributed by atoms with van der Waals surface area (Å²) in [6, 6.07) is 5.48. The van der Waals surface area contributed by atoms with Crippen LogP contribution in [0.15, 0.2) is 18.3 Å². The zero-order valence-corrected chi connectivity index (χ0v) is 8.16. The van der Waals surface area contributed by atoms with Gasteiger partial charge in [-0.1, -0.05) is 0 Å². The number of aromatic nitrogens is 1. The summed E-state index contributed by atoms with van der Waals surface area (Å²) in [5.41, 5.74) is 1.34. The van der Waals surface area contributed by atoms with Crippen molar-refractivity contribution in [1.82, 2.24) is 4.98 Å². The lowest BCUT2D eigenvalue weighted by atomic mass is 10.3. The first-order valence-corrected chi connectivity index (χ1v) is 4.54. The van der Waals surface area contributed by atoms with Gasteiger partial charge in [-0.15, -0.1) is 0 Å². The molecule has 1 N–H and O–H groups in total. The molecule has 1 rings (SSSR count). The molecule has 0 aromatic carbocycles. The molecule has 0 bridgehead atoms. The summed E-state index contributed by atoms with van der Waals surface area (Å²) < 4.78 is 5.16. The molecule has 0 saturated carbocycles. The van der Waals surface area contributed by atoms with Gasteiger partial charge in [-0.2, -0.15) is 5.26 Å². The first-order valence-electron chi connectivity index (χ1n) is 4.54. The summed E-state index contributed by atoms with van der Waals surface area (Å²) in [6.07, 6.45) is 1.64. The lowest BCUT2D eigenvalue weighted by molar-refractivity contribution is 0.158. The zero-order valence-electron chi connectivity index (χ0n) is 8.16. The van der Waals surface area contributed by atoms with Gasteiger partial charge >= 0.3 is 0 Å². The smallest absolute Gasteiger partial charge is 0.140 e. The Morgan fingerprint density at radius 3 is 3.00 bits per heavy atom. The average molecular weight is 191 g/mol. The van der Waals surface area contributed by atoms with Crippen molar-refractivity contribution in [3.63, 3.8) is 0 Å². The highest BCUT2D eigenvalue weighted by molar-refractivity contribution is 5.42. The van der Waals surface area contributed by atoms with Crippen molar-refractivity contribution in [2.45, 2.75) is 6.92 Å². The molecule has 14 heavy (non-hydrogen) atoms. The van der Waals surface area contributed by atoms with Gasteiger partial charge in [0.25, 0.3) is 0 Å². The van der Waals surface area contributed by atoms with E-state index in [9.17, 15) is 0 Å². The van der Waals surface area contributed by atoms with E-state index in [0.29, 0.717) is 12.3 Å². The van der Waals surface area contributed by atoms with Crippen molar-refractivity contribution < 1.29 is 4.74 Å². The minimum atomic E-state index is 0.431. The first-order chi connectivity index (χ1) is 6.86. The van der Waals surface area contributed by atoms with Crippen molar-refractivity contribution in [3.8, 4) is 6.07 Å². The molecule has 0 radical (unpaired) electrons. The van der Waals surface area contributed by atoms with E-state index in [1.807, 2.05) is 19.1 Å². The second-order valence-electron chi connectivity index (χ2n) is 2.67. The summed E-state index contributed by atoms with van der Waals surface area (Å²) in [5.74, 6) is 0. The molecular formula is C10H13N3O. The molecule has 0 amide bonds. The van der Waals surface area contributed by atoms with E-state index in [-0.39, 0.29) is 0 Å². The molecule has 0 spiro atoms. The maximum Gasteiger partial charge on any atom is 0.140 e. The summed E-state index contributed by atoms with van der Waals surface area (Å²) in [7, 11) is 0. The quantitative estimate of drug-likeness (QED) is 0.715. The van der Waals surface area contributed by atoms with E-state index in [1.54, 1.807) is 12.3 Å². The molecule has 0 aliphatic carbocycles. The number of hydrogen-bond donors (Lipinski definition) is 1. The van der Waals surface area contributed by atoms with Crippen molar-refractivity contribution in [1.29, 1.82) is 5.26 Å². The van der Waals surface area contributed by atoms with Crippen LogP contribution in [-0.4, -0.2) is 24.7 Å². The average Bonchev–Trinajstić information content (AvgIpc) is 2.25. The highest BCUT2D eigenvalue weighted by Gasteiger charge is 1.93. The highest BCUT2D eigenvalue weighted by Crippen LogP contribution is 2.04. The Bertz CT molecular complexity index is 302. The van der Waals surface area contributed by atoms with E-state index in [1.165, 1.54) is 0 Å². The Labute approximate surface area is 83.5 Å². The zero-order chi connectivity index (χ0) is 10.2. The Hall–Kier alpha value is -1.60. The second-order valence-corrected chi connectivity index (χ2v) is 2.67. The van der Waals surface area contributed by atoms with E-state index in [4.69, 9.17) is 10.00 Å². The molecule has 0 aliphatic heterocycles. The van der Waals surface area contributed by atoms with Crippen LogP contribution in [0.4, 0.5) is 5.69 Å². The lowest BCUT2D eigenvalue weighted by Gasteiger charge is -2.05. The highest BCUT2D eigenvalue weighted by atomic mass is 16.5. The summed E-state index contributed by atoms with van der Waals surface area (Å²) in [6.45, 7) is 4.12. The number of hydrogen-bond acceptors (Lipinski definition) is 4. The normalized spacial score (nSPS) is 9.43. The molecule has 0 unspecified atom stereocenters. The van der Waals surface area contributed by atoms with Gasteiger partial charge in [-0.25, -0.2) is 4.98 Å². The van der Waals surface area contributed by atoms with E-state index in [2.05, 4.69) is 10.3 Å². The second kappa shape index (κ2) is 5.95. The third kappa shape index (κ3) is 3.42. The monoisotopic (exact) mass is 191 g/mol. The van der Waals surface area contributed by atoms with Crippen LogP contribution in [0.3, 0.4) is 0 Å². The number of nitrogens with zero attached hydrogens (tertiary/aromatic N) is 2. The van der Waals surface area contributed by atoms with Crippen molar-refractivity contribution in [2.24, 2.45) is 0 Å². The summed E-state index contributed by atoms with van der Waals surface area (Å²) >= 11 is 0. The molecule has 0 saturated heterocycles. The molecule has 1 aromatic heterocycles. The lowest BCUT2D eigenvalue weighted by Crippen LogP contribution is -2.09. The Balaban J connectivity index is 2.33. The van der Waals surface area contributed by atoms with Crippen molar-refractivity contribution in [3.05, 3.63) is 24.0 Å². The number of nitriles is 1. The van der Waals surface area contributed by atoms with Gasteiger partial charge in [0.05, 0.1) is 18.5 Å². The van der Waals surface area contributed by atoms with Gasteiger partial charge in [0, 0.05) is 13.2 Å².